The molecule has 0 fully saturated rings. The second-order valence-corrected chi connectivity index (χ2v) is 4.21. The largest absolute Gasteiger partial charge is 0.504 e. The van der Waals surface area contributed by atoms with Crippen LogP contribution in [0.2, 0.25) is 0 Å². The van der Waals surface area contributed by atoms with E-state index in [0.717, 1.165) is 0 Å². The summed E-state index contributed by atoms with van der Waals surface area (Å²) >= 11 is 0. The third-order valence-electron chi connectivity index (χ3n) is 3.45. The lowest BCUT2D eigenvalue weighted by Gasteiger charge is -2.34. The molecule has 0 aromatic heterocycles. The molecule has 6 nitrogen and oxygen atoms in total. The van der Waals surface area contributed by atoms with Crippen LogP contribution in [0.15, 0.2) is 18.2 Å². The molecule has 0 saturated carbocycles. The molecule has 0 spiro atoms. The third-order valence-corrected chi connectivity index (χ3v) is 3.45. The minimum atomic E-state index is -1.40. The highest BCUT2D eigenvalue weighted by atomic mass is 16.4. The van der Waals surface area contributed by atoms with Gasteiger partial charge in [-0.25, -0.2) is 5.43 Å². The first kappa shape index (κ1) is 14.3. The summed E-state index contributed by atoms with van der Waals surface area (Å²) in [7, 11) is 0. The van der Waals surface area contributed by atoms with E-state index in [2.05, 4.69) is 5.43 Å². The number of hydrogen-bond donors (Lipinski definition) is 5. The maximum Gasteiger partial charge on any atom is 0.325 e. The number of nitrogens with one attached hydrogen (secondary N) is 1. The lowest BCUT2D eigenvalue weighted by Crippen LogP contribution is -2.58. The van der Waals surface area contributed by atoms with Gasteiger partial charge in [0.1, 0.15) is 5.54 Å². The van der Waals surface area contributed by atoms with Crippen molar-refractivity contribution >= 4 is 5.97 Å². The fourth-order valence-corrected chi connectivity index (χ4v) is 2.09. The van der Waals surface area contributed by atoms with Gasteiger partial charge in [0.2, 0.25) is 0 Å². The molecular weight excluding hydrogens is 236 g/mol. The van der Waals surface area contributed by atoms with Gasteiger partial charge in [-0.2, -0.15) is 0 Å². The SMILES string of the molecule is CCC(NN)(C(=O)O)C(C)c1cccc(O)c1O. The van der Waals surface area contributed by atoms with Crippen LogP contribution in [0.4, 0.5) is 0 Å². The number of hydrogen-bond acceptors (Lipinski definition) is 5. The highest BCUT2D eigenvalue weighted by molar-refractivity contribution is 5.80. The average Bonchev–Trinajstić information content (AvgIpc) is 2.34. The molecule has 0 amide bonds. The normalized spacial score (nSPS) is 15.9. The fraction of sp³-hybridized carbons (Fsp3) is 0.417. The van der Waals surface area contributed by atoms with E-state index < -0.39 is 17.4 Å². The Morgan fingerprint density at radius 1 is 1.50 bits per heavy atom. The van der Waals surface area contributed by atoms with Crippen LogP contribution in [0, 0.1) is 0 Å². The molecule has 0 bridgehead atoms. The first-order valence-corrected chi connectivity index (χ1v) is 5.62. The van der Waals surface area contributed by atoms with Crippen LogP contribution in [0.3, 0.4) is 0 Å². The minimum absolute atomic E-state index is 0.231. The predicted octanol–water partition coefficient (Wildman–Crippen LogP) is 0.898. The summed E-state index contributed by atoms with van der Waals surface area (Å²) in [6, 6.07) is 4.43. The molecule has 0 aliphatic carbocycles. The van der Waals surface area contributed by atoms with E-state index in [1.54, 1.807) is 26.0 Å². The molecule has 0 saturated heterocycles. The molecule has 1 rings (SSSR count). The van der Waals surface area contributed by atoms with Gasteiger partial charge in [-0.15, -0.1) is 0 Å². The average molecular weight is 254 g/mol. The zero-order valence-corrected chi connectivity index (χ0v) is 10.3. The van der Waals surface area contributed by atoms with Crippen molar-refractivity contribution in [3.05, 3.63) is 23.8 Å². The minimum Gasteiger partial charge on any atom is -0.504 e. The number of nitrogens with two attached hydrogens (primary N) is 1. The Morgan fingerprint density at radius 2 is 2.11 bits per heavy atom. The number of para-hydroxylation sites is 1. The predicted molar refractivity (Wildman–Crippen MR) is 66.2 cm³/mol. The van der Waals surface area contributed by atoms with E-state index >= 15 is 0 Å². The van der Waals surface area contributed by atoms with Crippen molar-refractivity contribution in [3.8, 4) is 11.5 Å². The molecule has 0 heterocycles. The topological polar surface area (TPSA) is 116 Å². The number of hydrazine groups is 1. The van der Waals surface area contributed by atoms with E-state index in [-0.39, 0.29) is 17.9 Å². The maximum absolute atomic E-state index is 11.4. The number of phenols is 2. The van der Waals surface area contributed by atoms with Gasteiger partial charge < -0.3 is 15.3 Å². The van der Waals surface area contributed by atoms with E-state index in [1.165, 1.54) is 6.07 Å². The van der Waals surface area contributed by atoms with Gasteiger partial charge in [0, 0.05) is 11.5 Å². The summed E-state index contributed by atoms with van der Waals surface area (Å²) in [6.45, 7) is 3.32. The highest BCUT2D eigenvalue weighted by Crippen LogP contribution is 2.39. The smallest absolute Gasteiger partial charge is 0.325 e. The molecule has 6 N–H and O–H groups in total. The lowest BCUT2D eigenvalue weighted by molar-refractivity contribution is -0.146. The molecule has 0 radical (unpaired) electrons. The Bertz CT molecular complexity index is 444. The van der Waals surface area contributed by atoms with Crippen molar-refractivity contribution in [2.45, 2.75) is 31.7 Å². The van der Waals surface area contributed by atoms with Crippen LogP contribution in [-0.4, -0.2) is 26.8 Å². The van der Waals surface area contributed by atoms with Gasteiger partial charge in [-0.3, -0.25) is 10.6 Å². The Hall–Kier alpha value is -1.79. The zero-order valence-electron chi connectivity index (χ0n) is 10.3. The summed E-state index contributed by atoms with van der Waals surface area (Å²) in [5, 5.41) is 28.6. The van der Waals surface area contributed by atoms with E-state index in [4.69, 9.17) is 5.84 Å². The number of aliphatic carboxylic acids is 1. The van der Waals surface area contributed by atoms with Crippen molar-refractivity contribution in [1.29, 1.82) is 0 Å². The van der Waals surface area contributed by atoms with Crippen molar-refractivity contribution in [3.63, 3.8) is 0 Å². The molecule has 18 heavy (non-hydrogen) atoms. The number of rotatable bonds is 5. The molecule has 2 unspecified atom stereocenters. The molecular formula is C12H18N2O4. The second kappa shape index (κ2) is 5.24. The second-order valence-electron chi connectivity index (χ2n) is 4.21. The molecule has 0 aliphatic heterocycles. The van der Waals surface area contributed by atoms with Gasteiger partial charge in [0.15, 0.2) is 11.5 Å². The first-order valence-electron chi connectivity index (χ1n) is 5.62. The lowest BCUT2D eigenvalue weighted by atomic mass is 9.78. The van der Waals surface area contributed by atoms with Crippen molar-refractivity contribution < 1.29 is 20.1 Å². The van der Waals surface area contributed by atoms with Crippen molar-refractivity contribution in [2.24, 2.45) is 5.84 Å². The van der Waals surface area contributed by atoms with Crippen LogP contribution in [0.5, 0.6) is 11.5 Å². The van der Waals surface area contributed by atoms with E-state index in [1.807, 2.05) is 0 Å². The Labute approximate surface area is 105 Å². The first-order chi connectivity index (χ1) is 8.40. The van der Waals surface area contributed by atoms with Crippen LogP contribution in [-0.2, 0) is 4.79 Å². The van der Waals surface area contributed by atoms with Crippen molar-refractivity contribution in [1.82, 2.24) is 5.43 Å². The quantitative estimate of drug-likeness (QED) is 0.303. The summed E-state index contributed by atoms with van der Waals surface area (Å²) in [5.74, 6) is 3.04. The summed E-state index contributed by atoms with van der Waals surface area (Å²) in [5.41, 5.74) is 1.25. The monoisotopic (exact) mass is 254 g/mol. The molecule has 0 aliphatic rings. The van der Waals surface area contributed by atoms with Crippen molar-refractivity contribution in [2.75, 3.05) is 0 Å². The van der Waals surface area contributed by atoms with Gasteiger partial charge >= 0.3 is 5.97 Å². The van der Waals surface area contributed by atoms with Gasteiger partial charge in [0.05, 0.1) is 0 Å². The Kier molecular flexibility index (Phi) is 4.15. The maximum atomic E-state index is 11.4. The number of carboxylic acid groups (broad SMARTS) is 1. The van der Waals surface area contributed by atoms with Crippen LogP contribution < -0.4 is 11.3 Å². The van der Waals surface area contributed by atoms with E-state index in [0.29, 0.717) is 5.56 Å². The standard InChI is InChI=1S/C12H18N2O4/c1-3-12(14-13,11(17)18)7(2)8-5-4-6-9(15)10(8)16/h4-7,14-16H,3,13H2,1-2H3,(H,17,18). The number of benzene rings is 1. The van der Waals surface area contributed by atoms with E-state index in [9.17, 15) is 20.1 Å². The fourth-order valence-electron chi connectivity index (χ4n) is 2.09. The number of phenolic OH excluding ortho intramolecular Hbond substituents is 2. The number of aromatic hydroxyl groups is 2. The zero-order chi connectivity index (χ0) is 13.9. The molecule has 1 aromatic rings. The Balaban J connectivity index is 3.30. The van der Waals surface area contributed by atoms with Gasteiger partial charge in [-0.05, 0) is 12.5 Å². The number of carboxylic acids is 1. The summed E-state index contributed by atoms with van der Waals surface area (Å²) < 4.78 is 0. The Morgan fingerprint density at radius 3 is 2.56 bits per heavy atom. The van der Waals surface area contributed by atoms with Gasteiger partial charge in [0.25, 0.3) is 0 Å². The third kappa shape index (κ3) is 2.12. The highest BCUT2D eigenvalue weighted by Gasteiger charge is 2.43. The van der Waals surface area contributed by atoms with Crippen LogP contribution >= 0.6 is 0 Å². The van der Waals surface area contributed by atoms with Crippen LogP contribution in [0.1, 0.15) is 31.7 Å². The number of carbonyl (C=O) groups is 1. The van der Waals surface area contributed by atoms with Crippen LogP contribution in [0.25, 0.3) is 0 Å². The molecule has 6 heteroatoms. The van der Waals surface area contributed by atoms with Gasteiger partial charge in [-0.1, -0.05) is 26.0 Å². The molecule has 100 valence electrons. The molecule has 2 atom stereocenters. The summed E-state index contributed by atoms with van der Waals surface area (Å²) in [6.07, 6.45) is 0.231. The molecule has 1 aromatic carbocycles. The summed E-state index contributed by atoms with van der Waals surface area (Å²) in [4.78, 5) is 11.4.